The van der Waals surface area contributed by atoms with Gasteiger partial charge in [-0.15, -0.1) is 11.3 Å². The second-order valence-corrected chi connectivity index (χ2v) is 8.16. The third kappa shape index (κ3) is 5.19. The first-order valence-electron chi connectivity index (χ1n) is 10.3. The second kappa shape index (κ2) is 10.7. The Kier molecular flexibility index (Phi) is 8.60. The lowest BCUT2D eigenvalue weighted by molar-refractivity contribution is 0.0518. The summed E-state index contributed by atoms with van der Waals surface area (Å²) in [5, 5.41) is 0. The standard InChI is InChI=1S/C21H32O6S/c1-5-9-11-21(12-10-6-2)13-26-15-16(27-14-21)18(20(23)25-8-4)28-17(15)19(22)24-7-3/h5-14H2,1-4H3. The van der Waals surface area contributed by atoms with E-state index in [0.29, 0.717) is 24.7 Å². The number of fused-ring (bicyclic) bond motifs is 1. The third-order valence-electron chi connectivity index (χ3n) is 4.91. The molecule has 0 saturated heterocycles. The molecule has 158 valence electrons. The molecule has 0 aliphatic carbocycles. The summed E-state index contributed by atoms with van der Waals surface area (Å²) in [7, 11) is 0. The van der Waals surface area contributed by atoms with Crippen molar-refractivity contribution in [2.75, 3.05) is 26.4 Å². The lowest BCUT2D eigenvalue weighted by Gasteiger charge is -2.31. The third-order valence-corrected chi connectivity index (χ3v) is 6.02. The van der Waals surface area contributed by atoms with Crippen molar-refractivity contribution >= 4 is 23.3 Å². The Morgan fingerprint density at radius 1 is 0.857 bits per heavy atom. The Bertz CT molecular complexity index is 612. The van der Waals surface area contributed by atoms with Crippen LogP contribution in [-0.2, 0) is 9.47 Å². The van der Waals surface area contributed by atoms with Gasteiger partial charge in [0.15, 0.2) is 21.3 Å². The van der Waals surface area contributed by atoms with Crippen molar-refractivity contribution in [3.63, 3.8) is 0 Å². The van der Waals surface area contributed by atoms with Crippen LogP contribution in [0.2, 0.25) is 0 Å². The first-order chi connectivity index (χ1) is 13.5. The molecule has 0 unspecified atom stereocenters. The minimum atomic E-state index is -0.502. The predicted molar refractivity (Wildman–Crippen MR) is 109 cm³/mol. The van der Waals surface area contributed by atoms with Crippen molar-refractivity contribution in [2.24, 2.45) is 5.41 Å². The van der Waals surface area contributed by atoms with Gasteiger partial charge in [-0.1, -0.05) is 39.5 Å². The molecule has 7 heteroatoms. The topological polar surface area (TPSA) is 71.1 Å². The zero-order chi connectivity index (χ0) is 20.6. The van der Waals surface area contributed by atoms with E-state index < -0.39 is 11.9 Å². The van der Waals surface area contributed by atoms with Crippen LogP contribution in [0.3, 0.4) is 0 Å². The number of carbonyl (C=O) groups excluding carboxylic acids is 2. The van der Waals surface area contributed by atoms with Gasteiger partial charge in [-0.3, -0.25) is 0 Å². The van der Waals surface area contributed by atoms with E-state index in [1.807, 2.05) is 0 Å². The zero-order valence-electron chi connectivity index (χ0n) is 17.4. The van der Waals surface area contributed by atoms with Crippen LogP contribution in [0.15, 0.2) is 0 Å². The molecule has 1 aliphatic heterocycles. The molecule has 0 amide bonds. The summed E-state index contributed by atoms with van der Waals surface area (Å²) < 4.78 is 22.6. The van der Waals surface area contributed by atoms with Crippen LogP contribution >= 0.6 is 11.3 Å². The molecule has 0 fully saturated rings. The van der Waals surface area contributed by atoms with Crippen LogP contribution in [0.1, 0.15) is 85.6 Å². The lowest BCUT2D eigenvalue weighted by Crippen LogP contribution is -2.34. The van der Waals surface area contributed by atoms with E-state index in [9.17, 15) is 9.59 Å². The normalized spacial score (nSPS) is 15.0. The average Bonchev–Trinajstić information content (AvgIpc) is 2.96. The van der Waals surface area contributed by atoms with Crippen LogP contribution in [-0.4, -0.2) is 38.4 Å². The maximum absolute atomic E-state index is 12.4. The van der Waals surface area contributed by atoms with Gasteiger partial charge in [0, 0.05) is 5.41 Å². The average molecular weight is 413 g/mol. The van der Waals surface area contributed by atoms with Crippen LogP contribution in [0.5, 0.6) is 11.5 Å². The number of thiophene rings is 1. The van der Waals surface area contributed by atoms with Gasteiger partial charge in [-0.2, -0.15) is 0 Å². The molecular weight excluding hydrogens is 380 g/mol. The van der Waals surface area contributed by atoms with E-state index in [0.717, 1.165) is 49.9 Å². The molecule has 0 bridgehead atoms. The van der Waals surface area contributed by atoms with Crippen LogP contribution in [0.25, 0.3) is 0 Å². The maximum atomic E-state index is 12.4. The quantitative estimate of drug-likeness (QED) is 0.490. The number of carbonyl (C=O) groups is 2. The molecule has 1 aromatic rings. The molecule has 0 saturated carbocycles. The first-order valence-corrected chi connectivity index (χ1v) is 11.1. The molecule has 28 heavy (non-hydrogen) atoms. The highest BCUT2D eigenvalue weighted by Gasteiger charge is 2.39. The van der Waals surface area contributed by atoms with E-state index in [2.05, 4.69) is 13.8 Å². The molecule has 0 spiro atoms. The van der Waals surface area contributed by atoms with Gasteiger partial charge in [0.05, 0.1) is 26.4 Å². The zero-order valence-corrected chi connectivity index (χ0v) is 18.2. The number of esters is 2. The summed E-state index contributed by atoms with van der Waals surface area (Å²) in [6.45, 7) is 9.25. The van der Waals surface area contributed by atoms with Crippen LogP contribution in [0, 0.1) is 5.41 Å². The molecule has 0 aromatic carbocycles. The smallest absolute Gasteiger partial charge is 0.352 e. The van der Waals surface area contributed by atoms with E-state index in [4.69, 9.17) is 18.9 Å². The number of hydrogen-bond acceptors (Lipinski definition) is 7. The maximum Gasteiger partial charge on any atom is 0.352 e. The van der Waals surface area contributed by atoms with E-state index in [-0.39, 0.29) is 28.4 Å². The van der Waals surface area contributed by atoms with Crippen LogP contribution < -0.4 is 9.47 Å². The Morgan fingerprint density at radius 2 is 1.29 bits per heavy atom. The number of rotatable bonds is 10. The van der Waals surface area contributed by atoms with Gasteiger partial charge in [0.25, 0.3) is 0 Å². The molecule has 1 aliphatic rings. The summed E-state index contributed by atoms with van der Waals surface area (Å²) in [6, 6.07) is 0. The Hall–Kier alpha value is -1.76. The summed E-state index contributed by atoms with van der Waals surface area (Å²) in [6.07, 6.45) is 6.33. The summed E-state index contributed by atoms with van der Waals surface area (Å²) in [4.78, 5) is 25.4. The summed E-state index contributed by atoms with van der Waals surface area (Å²) >= 11 is 1.02. The predicted octanol–water partition coefficient (Wildman–Crippen LogP) is 5.24. The highest BCUT2D eigenvalue weighted by molar-refractivity contribution is 7.16. The molecule has 6 nitrogen and oxygen atoms in total. The van der Waals surface area contributed by atoms with Crippen molar-refractivity contribution in [3.8, 4) is 11.5 Å². The molecule has 0 N–H and O–H groups in total. The SMILES string of the molecule is CCCCC1(CCCC)COc2c(C(=O)OCC)sc(C(=O)OCC)c2OC1. The minimum Gasteiger partial charge on any atom is -0.487 e. The van der Waals surface area contributed by atoms with Crippen molar-refractivity contribution in [1.82, 2.24) is 0 Å². The van der Waals surface area contributed by atoms with E-state index in [1.54, 1.807) is 13.8 Å². The number of unbranched alkanes of at least 4 members (excludes halogenated alkanes) is 2. The van der Waals surface area contributed by atoms with Gasteiger partial charge < -0.3 is 18.9 Å². The molecule has 1 aromatic heterocycles. The molecule has 2 heterocycles. The highest BCUT2D eigenvalue weighted by atomic mass is 32.1. The molecule has 2 rings (SSSR count). The summed E-state index contributed by atoms with van der Waals surface area (Å²) in [5.74, 6) is -0.363. The van der Waals surface area contributed by atoms with Gasteiger partial charge in [-0.25, -0.2) is 9.59 Å². The fraction of sp³-hybridized carbons (Fsp3) is 0.714. The molecule has 0 radical (unpaired) electrons. The molecule has 0 atom stereocenters. The fourth-order valence-electron chi connectivity index (χ4n) is 3.33. The van der Waals surface area contributed by atoms with Gasteiger partial charge >= 0.3 is 11.9 Å². The van der Waals surface area contributed by atoms with Crippen LogP contribution in [0.4, 0.5) is 0 Å². The first kappa shape index (κ1) is 22.5. The van der Waals surface area contributed by atoms with Crippen molar-refractivity contribution in [2.45, 2.75) is 66.2 Å². The monoisotopic (exact) mass is 412 g/mol. The van der Waals surface area contributed by atoms with Crippen molar-refractivity contribution < 1.29 is 28.5 Å². The largest absolute Gasteiger partial charge is 0.487 e. The highest BCUT2D eigenvalue weighted by Crippen LogP contribution is 2.47. The lowest BCUT2D eigenvalue weighted by atomic mass is 9.79. The Labute approximate surface area is 171 Å². The van der Waals surface area contributed by atoms with Gasteiger partial charge in [-0.05, 0) is 26.7 Å². The van der Waals surface area contributed by atoms with Crippen molar-refractivity contribution in [1.29, 1.82) is 0 Å². The Balaban J connectivity index is 2.38. The number of hydrogen-bond donors (Lipinski definition) is 0. The van der Waals surface area contributed by atoms with Crippen molar-refractivity contribution in [3.05, 3.63) is 9.75 Å². The van der Waals surface area contributed by atoms with Gasteiger partial charge in [0.2, 0.25) is 0 Å². The van der Waals surface area contributed by atoms with E-state index in [1.165, 1.54) is 0 Å². The summed E-state index contributed by atoms with van der Waals surface area (Å²) in [5.41, 5.74) is -0.124. The van der Waals surface area contributed by atoms with E-state index >= 15 is 0 Å². The van der Waals surface area contributed by atoms with Gasteiger partial charge in [0.1, 0.15) is 0 Å². The Morgan fingerprint density at radius 3 is 1.64 bits per heavy atom. The molecular formula is C21H32O6S. The number of ether oxygens (including phenoxy) is 4. The minimum absolute atomic E-state index is 0.124. The second-order valence-electron chi connectivity index (χ2n) is 7.14. The fourth-order valence-corrected chi connectivity index (χ4v) is 4.31.